The molecule has 4 aromatic rings. The number of methoxy groups -OCH3 is 2. The molecule has 0 unspecified atom stereocenters. The number of aryl methyl sites for hydroxylation is 1. The Morgan fingerprint density at radius 2 is 1.65 bits per heavy atom. The molecule has 8 heteroatoms. The highest BCUT2D eigenvalue weighted by atomic mass is 35.5. The highest BCUT2D eigenvalue weighted by Crippen LogP contribution is 2.37. The summed E-state index contributed by atoms with van der Waals surface area (Å²) in [6.45, 7) is 1.44. The first kappa shape index (κ1) is 23.7. The Morgan fingerprint density at radius 3 is 2.32 bits per heavy atom. The van der Waals surface area contributed by atoms with Crippen LogP contribution in [0.4, 0.5) is 0 Å². The van der Waals surface area contributed by atoms with E-state index in [0.717, 1.165) is 5.56 Å². The number of carbonyl (C=O) groups excluding carboxylic acids is 1. The lowest BCUT2D eigenvalue weighted by Gasteiger charge is -2.14. The van der Waals surface area contributed by atoms with Gasteiger partial charge in [0.15, 0.2) is 29.6 Å². The molecule has 0 saturated heterocycles. The van der Waals surface area contributed by atoms with Crippen molar-refractivity contribution >= 4 is 40.0 Å². The fourth-order valence-electron chi connectivity index (χ4n) is 3.45. The summed E-state index contributed by atoms with van der Waals surface area (Å²) in [5.41, 5.74) is 1.56. The molecule has 0 aliphatic heterocycles. The summed E-state index contributed by atoms with van der Waals surface area (Å²) in [6, 6.07) is 14.7. The third kappa shape index (κ3) is 4.60. The molecule has 0 spiro atoms. The average molecular weight is 499 g/mol. The molecule has 1 heterocycles. The largest absolute Gasteiger partial charge is 0.493 e. The zero-order valence-corrected chi connectivity index (χ0v) is 20.1. The number of fused-ring (bicyclic) bond motifs is 1. The van der Waals surface area contributed by atoms with Crippen LogP contribution in [0.15, 0.2) is 63.8 Å². The van der Waals surface area contributed by atoms with E-state index in [1.165, 1.54) is 20.3 Å². The number of hydrogen-bond acceptors (Lipinski definition) is 6. The summed E-state index contributed by atoms with van der Waals surface area (Å²) in [5, 5.41) is 1.17. The highest BCUT2D eigenvalue weighted by molar-refractivity contribution is 6.32. The predicted octanol–water partition coefficient (Wildman–Crippen LogP) is 6.35. The van der Waals surface area contributed by atoms with Gasteiger partial charge in [-0.1, -0.05) is 23.2 Å². The molecule has 34 heavy (non-hydrogen) atoms. The molecule has 0 aliphatic carbocycles. The molecule has 6 nitrogen and oxygen atoms in total. The smallest absolute Gasteiger partial charge is 0.235 e. The van der Waals surface area contributed by atoms with Gasteiger partial charge in [-0.3, -0.25) is 9.59 Å². The van der Waals surface area contributed by atoms with Crippen molar-refractivity contribution in [3.63, 3.8) is 0 Å². The summed E-state index contributed by atoms with van der Waals surface area (Å²) < 4.78 is 22.6. The highest BCUT2D eigenvalue weighted by Gasteiger charge is 2.21. The van der Waals surface area contributed by atoms with Gasteiger partial charge >= 0.3 is 0 Å². The maximum Gasteiger partial charge on any atom is 0.235 e. The third-order valence-electron chi connectivity index (χ3n) is 5.29. The zero-order chi connectivity index (χ0) is 24.4. The summed E-state index contributed by atoms with van der Waals surface area (Å²) in [6.07, 6.45) is 0. The van der Waals surface area contributed by atoms with Gasteiger partial charge in [-0.15, -0.1) is 0 Å². The molecular weight excluding hydrogens is 479 g/mol. The zero-order valence-electron chi connectivity index (χ0n) is 18.6. The van der Waals surface area contributed by atoms with Crippen LogP contribution in [-0.4, -0.2) is 26.6 Å². The van der Waals surface area contributed by atoms with Crippen molar-refractivity contribution in [3.05, 3.63) is 86.0 Å². The van der Waals surface area contributed by atoms with Crippen molar-refractivity contribution in [2.24, 2.45) is 0 Å². The minimum atomic E-state index is -0.447. The lowest BCUT2D eigenvalue weighted by Crippen LogP contribution is -2.17. The van der Waals surface area contributed by atoms with Crippen LogP contribution in [0.2, 0.25) is 10.0 Å². The maximum absolute atomic E-state index is 13.4. The number of carbonyl (C=O) groups is 1. The second-order valence-corrected chi connectivity index (χ2v) is 8.32. The van der Waals surface area contributed by atoms with E-state index >= 15 is 0 Å². The number of halogens is 2. The number of ether oxygens (including phenoxy) is 3. The average Bonchev–Trinajstić information content (AvgIpc) is 2.84. The minimum absolute atomic E-state index is 0.109. The van der Waals surface area contributed by atoms with Crippen molar-refractivity contribution in [1.29, 1.82) is 0 Å². The van der Waals surface area contributed by atoms with Gasteiger partial charge in [-0.25, -0.2) is 0 Å². The fourth-order valence-corrected chi connectivity index (χ4v) is 3.74. The Bertz CT molecular complexity index is 1440. The number of benzene rings is 3. The van der Waals surface area contributed by atoms with Crippen LogP contribution in [-0.2, 0) is 0 Å². The van der Waals surface area contributed by atoms with E-state index in [-0.39, 0.29) is 29.3 Å². The van der Waals surface area contributed by atoms with Crippen LogP contribution in [0.1, 0.15) is 15.9 Å². The lowest BCUT2D eigenvalue weighted by atomic mass is 10.1. The van der Waals surface area contributed by atoms with Gasteiger partial charge in [0.1, 0.15) is 5.58 Å². The Labute approximate surface area is 205 Å². The standard InChI is InChI=1S/C26H20Cl2O6/c1-14-10-22-18(12-19(14)28)24(30)26(33-13-20(29)15-4-7-17(27)8-5-15)25(34-22)16-6-9-21(31-2)23(11-16)32-3/h4-12H,13H2,1-3H3. The molecule has 0 amide bonds. The van der Waals surface area contributed by atoms with Gasteiger partial charge in [-0.05, 0) is 67.1 Å². The summed E-state index contributed by atoms with van der Waals surface area (Å²) in [5.74, 6) is 0.679. The number of hydrogen-bond donors (Lipinski definition) is 0. The topological polar surface area (TPSA) is 75.0 Å². The Kier molecular flexibility index (Phi) is 6.82. The summed E-state index contributed by atoms with van der Waals surface area (Å²) in [4.78, 5) is 26.1. The van der Waals surface area contributed by atoms with Crippen LogP contribution in [0.25, 0.3) is 22.3 Å². The van der Waals surface area contributed by atoms with Crippen molar-refractivity contribution in [1.82, 2.24) is 0 Å². The molecule has 0 aliphatic rings. The Hall–Kier alpha value is -3.48. The van der Waals surface area contributed by atoms with Crippen molar-refractivity contribution in [3.8, 4) is 28.6 Å². The molecular formula is C26H20Cl2O6. The Balaban J connectivity index is 1.83. The van der Waals surface area contributed by atoms with E-state index in [9.17, 15) is 9.59 Å². The Morgan fingerprint density at radius 1 is 0.941 bits per heavy atom. The molecule has 174 valence electrons. The predicted molar refractivity (Wildman–Crippen MR) is 132 cm³/mol. The SMILES string of the molecule is COc1ccc(-c2oc3cc(C)c(Cl)cc3c(=O)c2OCC(=O)c2ccc(Cl)cc2)cc1OC. The molecule has 0 fully saturated rings. The van der Waals surface area contributed by atoms with E-state index < -0.39 is 5.43 Å². The van der Waals surface area contributed by atoms with Crippen LogP contribution in [0.5, 0.6) is 17.2 Å². The van der Waals surface area contributed by atoms with Crippen molar-refractivity contribution < 1.29 is 23.4 Å². The first-order valence-electron chi connectivity index (χ1n) is 10.2. The van der Waals surface area contributed by atoms with Gasteiger partial charge in [0.05, 0.1) is 19.6 Å². The summed E-state index contributed by atoms with van der Waals surface area (Å²) >= 11 is 12.1. The van der Waals surface area contributed by atoms with Crippen molar-refractivity contribution in [2.45, 2.75) is 6.92 Å². The maximum atomic E-state index is 13.4. The van der Waals surface area contributed by atoms with E-state index in [0.29, 0.717) is 38.3 Å². The molecule has 0 radical (unpaired) electrons. The van der Waals surface area contributed by atoms with Gasteiger partial charge < -0.3 is 18.6 Å². The van der Waals surface area contributed by atoms with Crippen LogP contribution < -0.4 is 19.6 Å². The van der Waals surface area contributed by atoms with Gasteiger partial charge in [-0.2, -0.15) is 0 Å². The van der Waals surface area contributed by atoms with Crippen LogP contribution in [0.3, 0.4) is 0 Å². The molecule has 3 aromatic carbocycles. The minimum Gasteiger partial charge on any atom is -0.493 e. The van der Waals surface area contributed by atoms with Crippen molar-refractivity contribution in [2.75, 3.05) is 20.8 Å². The quantitative estimate of drug-likeness (QED) is 0.276. The first-order chi connectivity index (χ1) is 16.3. The number of rotatable bonds is 7. The second-order valence-electron chi connectivity index (χ2n) is 7.48. The van der Waals surface area contributed by atoms with E-state index in [4.69, 9.17) is 41.8 Å². The molecule has 0 saturated carbocycles. The molecule has 0 atom stereocenters. The number of Topliss-reactive ketones (excluding diaryl/α,β-unsaturated/α-hetero) is 1. The first-order valence-corrected chi connectivity index (χ1v) is 11.0. The van der Waals surface area contributed by atoms with Crippen LogP contribution in [0, 0.1) is 6.92 Å². The second kappa shape index (κ2) is 9.79. The van der Waals surface area contributed by atoms with Gasteiger partial charge in [0.2, 0.25) is 11.2 Å². The van der Waals surface area contributed by atoms with Crippen LogP contribution >= 0.6 is 23.2 Å². The van der Waals surface area contributed by atoms with E-state index in [1.807, 2.05) is 6.92 Å². The lowest BCUT2D eigenvalue weighted by molar-refractivity contribution is 0.0920. The van der Waals surface area contributed by atoms with Gasteiger partial charge in [0, 0.05) is 21.2 Å². The van der Waals surface area contributed by atoms with E-state index in [1.54, 1.807) is 48.5 Å². The molecule has 4 rings (SSSR count). The van der Waals surface area contributed by atoms with E-state index in [2.05, 4.69) is 0 Å². The third-order valence-corrected chi connectivity index (χ3v) is 5.95. The summed E-state index contributed by atoms with van der Waals surface area (Å²) in [7, 11) is 3.03. The molecule has 1 aromatic heterocycles. The monoisotopic (exact) mass is 498 g/mol. The normalized spacial score (nSPS) is 10.9. The molecule has 0 bridgehead atoms. The van der Waals surface area contributed by atoms with Gasteiger partial charge in [0.25, 0.3) is 0 Å². The number of ketones is 1. The fraction of sp³-hybridized carbons (Fsp3) is 0.154. The molecule has 0 N–H and O–H groups in total.